The number of hydrogen-bond acceptors (Lipinski definition) is 4. The summed E-state index contributed by atoms with van der Waals surface area (Å²) in [5.41, 5.74) is 3.02. The second-order valence-electron chi connectivity index (χ2n) is 9.67. The molecule has 0 spiro atoms. The molecule has 0 aliphatic carbocycles. The highest BCUT2D eigenvalue weighted by Gasteiger charge is 2.31. The molecule has 0 bridgehead atoms. The van der Waals surface area contributed by atoms with Crippen molar-refractivity contribution in [3.63, 3.8) is 0 Å². The van der Waals surface area contributed by atoms with E-state index in [1.807, 2.05) is 12.1 Å². The largest absolute Gasteiger partial charge is 0.324 e. The molecule has 1 atom stereocenters. The van der Waals surface area contributed by atoms with Gasteiger partial charge in [-0.3, -0.25) is 13.9 Å². The van der Waals surface area contributed by atoms with Crippen molar-refractivity contribution in [2.45, 2.75) is 45.6 Å². The minimum atomic E-state index is -3.72. The molecule has 3 aromatic carbocycles. The fourth-order valence-corrected chi connectivity index (χ4v) is 5.07. The minimum Gasteiger partial charge on any atom is -0.324 e. The molecule has 0 saturated carbocycles. The monoisotopic (exact) mass is 507 g/mol. The number of benzene rings is 3. The molecule has 36 heavy (non-hydrogen) atoms. The molecule has 2 amide bonds. The predicted molar refractivity (Wildman–Crippen MR) is 146 cm³/mol. The van der Waals surface area contributed by atoms with Crippen molar-refractivity contribution in [1.29, 1.82) is 0 Å². The molecule has 7 nitrogen and oxygen atoms in total. The topological polar surface area (TPSA) is 95.6 Å². The molecule has 3 aromatic rings. The molecule has 0 aromatic heterocycles. The third-order valence-electron chi connectivity index (χ3n) is 5.74. The van der Waals surface area contributed by atoms with Crippen LogP contribution in [0.15, 0.2) is 78.9 Å². The molecular formula is C28H33N3O4S. The highest BCUT2D eigenvalue weighted by atomic mass is 32.2. The van der Waals surface area contributed by atoms with E-state index >= 15 is 0 Å². The fourth-order valence-electron chi connectivity index (χ4n) is 3.86. The highest BCUT2D eigenvalue weighted by molar-refractivity contribution is 7.92. The Bertz CT molecular complexity index is 1310. The summed E-state index contributed by atoms with van der Waals surface area (Å²) >= 11 is 0. The SMILES string of the molecule is CC[C@@H](C(=O)Nc1cccc(NC(=O)c2ccc(C(C)(C)C)cc2)c1)N(c1ccccc1)S(C)(=O)=O. The van der Waals surface area contributed by atoms with Gasteiger partial charge in [-0.05, 0) is 59.9 Å². The summed E-state index contributed by atoms with van der Waals surface area (Å²) in [5.74, 6) is -0.731. The number of carbonyl (C=O) groups excluding carboxylic acids is 2. The van der Waals surface area contributed by atoms with Crippen molar-refractivity contribution >= 4 is 38.9 Å². The van der Waals surface area contributed by atoms with Crippen LogP contribution in [0.1, 0.15) is 50.0 Å². The minimum absolute atomic E-state index is 0.00884. The van der Waals surface area contributed by atoms with E-state index in [-0.39, 0.29) is 17.7 Å². The summed E-state index contributed by atoms with van der Waals surface area (Å²) in [5, 5.41) is 5.65. The maximum Gasteiger partial charge on any atom is 0.255 e. The molecular weight excluding hydrogens is 474 g/mol. The van der Waals surface area contributed by atoms with Gasteiger partial charge in [-0.15, -0.1) is 0 Å². The van der Waals surface area contributed by atoms with E-state index < -0.39 is 22.0 Å². The van der Waals surface area contributed by atoms with Crippen molar-refractivity contribution < 1.29 is 18.0 Å². The van der Waals surface area contributed by atoms with Gasteiger partial charge in [0.25, 0.3) is 5.91 Å². The van der Waals surface area contributed by atoms with Gasteiger partial charge in [0.1, 0.15) is 6.04 Å². The van der Waals surface area contributed by atoms with E-state index in [2.05, 4.69) is 31.4 Å². The van der Waals surface area contributed by atoms with E-state index in [9.17, 15) is 18.0 Å². The summed E-state index contributed by atoms with van der Waals surface area (Å²) in [6.45, 7) is 8.09. The van der Waals surface area contributed by atoms with Crippen LogP contribution in [0, 0.1) is 0 Å². The van der Waals surface area contributed by atoms with Crippen LogP contribution in [0.3, 0.4) is 0 Å². The van der Waals surface area contributed by atoms with E-state index in [1.165, 1.54) is 0 Å². The molecule has 0 aliphatic heterocycles. The lowest BCUT2D eigenvalue weighted by molar-refractivity contribution is -0.117. The Morgan fingerprint density at radius 3 is 1.97 bits per heavy atom. The average molecular weight is 508 g/mol. The molecule has 0 radical (unpaired) electrons. The predicted octanol–water partition coefficient (Wildman–Crippen LogP) is 5.42. The first-order chi connectivity index (χ1) is 16.9. The molecule has 0 unspecified atom stereocenters. The van der Waals surface area contributed by atoms with Gasteiger partial charge in [0, 0.05) is 16.9 Å². The van der Waals surface area contributed by atoms with E-state index in [0.717, 1.165) is 16.1 Å². The highest BCUT2D eigenvalue weighted by Crippen LogP contribution is 2.25. The number of anilines is 3. The quantitative estimate of drug-likeness (QED) is 0.426. The third kappa shape index (κ3) is 6.73. The van der Waals surface area contributed by atoms with Crippen molar-refractivity contribution in [1.82, 2.24) is 0 Å². The zero-order valence-electron chi connectivity index (χ0n) is 21.3. The number of hydrogen-bond donors (Lipinski definition) is 2. The summed E-state index contributed by atoms with van der Waals surface area (Å²) in [4.78, 5) is 25.9. The number of para-hydroxylation sites is 1. The molecule has 190 valence electrons. The first kappa shape index (κ1) is 26.9. The van der Waals surface area contributed by atoms with Crippen molar-refractivity contribution in [3.8, 4) is 0 Å². The van der Waals surface area contributed by atoms with Gasteiger partial charge < -0.3 is 10.6 Å². The first-order valence-electron chi connectivity index (χ1n) is 11.8. The van der Waals surface area contributed by atoms with E-state index in [1.54, 1.807) is 73.7 Å². The second-order valence-corrected chi connectivity index (χ2v) is 11.5. The van der Waals surface area contributed by atoms with Gasteiger partial charge in [0.2, 0.25) is 15.9 Å². The van der Waals surface area contributed by atoms with Crippen LogP contribution < -0.4 is 14.9 Å². The standard InChI is InChI=1S/C28H33N3O4S/c1-6-25(31(36(5,34)35)24-13-8-7-9-14-24)27(33)30-23-12-10-11-22(19-23)29-26(32)20-15-17-21(18-16-20)28(2,3)4/h7-19,25H,6H2,1-5H3,(H,29,32)(H,30,33)/t25-/m0/s1. The molecule has 0 fully saturated rings. The smallest absolute Gasteiger partial charge is 0.255 e. The third-order valence-corrected chi connectivity index (χ3v) is 6.92. The second kappa shape index (κ2) is 11.0. The van der Waals surface area contributed by atoms with Gasteiger partial charge >= 0.3 is 0 Å². The summed E-state index contributed by atoms with van der Waals surface area (Å²) in [6, 6.07) is 21.8. The van der Waals surface area contributed by atoms with Gasteiger partial charge in [-0.25, -0.2) is 8.42 Å². The lowest BCUT2D eigenvalue weighted by Gasteiger charge is -2.30. The number of rotatable bonds is 8. The maximum atomic E-state index is 13.2. The number of carbonyl (C=O) groups is 2. The van der Waals surface area contributed by atoms with Crippen LogP contribution in [0.2, 0.25) is 0 Å². The molecule has 0 aliphatic rings. The number of nitrogens with zero attached hydrogens (tertiary/aromatic N) is 1. The van der Waals surface area contributed by atoms with Crippen molar-refractivity contribution in [2.75, 3.05) is 21.2 Å². The number of nitrogens with one attached hydrogen (secondary N) is 2. The first-order valence-corrected chi connectivity index (χ1v) is 13.6. The van der Waals surface area contributed by atoms with Gasteiger partial charge in [0.05, 0.1) is 11.9 Å². The normalized spacial score (nSPS) is 12.5. The maximum absolute atomic E-state index is 13.2. The summed E-state index contributed by atoms with van der Waals surface area (Å²) in [7, 11) is -3.72. The molecule has 0 saturated heterocycles. The van der Waals surface area contributed by atoms with Crippen LogP contribution in [0.5, 0.6) is 0 Å². The summed E-state index contributed by atoms with van der Waals surface area (Å²) in [6.07, 6.45) is 1.36. The van der Waals surface area contributed by atoms with Crippen LogP contribution in [-0.2, 0) is 20.2 Å². The zero-order chi connectivity index (χ0) is 26.5. The summed E-state index contributed by atoms with van der Waals surface area (Å²) < 4.78 is 26.3. The number of sulfonamides is 1. The van der Waals surface area contributed by atoms with E-state index in [4.69, 9.17) is 0 Å². The average Bonchev–Trinajstić information content (AvgIpc) is 2.81. The van der Waals surface area contributed by atoms with Crippen LogP contribution in [0.25, 0.3) is 0 Å². The number of amides is 2. The lowest BCUT2D eigenvalue weighted by atomic mass is 9.87. The lowest BCUT2D eigenvalue weighted by Crippen LogP contribution is -2.46. The Morgan fingerprint density at radius 1 is 0.861 bits per heavy atom. The van der Waals surface area contributed by atoms with Crippen LogP contribution in [0.4, 0.5) is 17.1 Å². The van der Waals surface area contributed by atoms with Gasteiger partial charge in [0.15, 0.2) is 0 Å². The Hall–Kier alpha value is -3.65. The fraction of sp³-hybridized carbons (Fsp3) is 0.286. The van der Waals surface area contributed by atoms with Crippen LogP contribution in [-0.4, -0.2) is 32.5 Å². The molecule has 8 heteroatoms. The Balaban J connectivity index is 1.76. The van der Waals surface area contributed by atoms with Crippen molar-refractivity contribution in [3.05, 3.63) is 90.0 Å². The van der Waals surface area contributed by atoms with Crippen LogP contribution >= 0.6 is 0 Å². The Labute approximate surface area is 213 Å². The van der Waals surface area contributed by atoms with Gasteiger partial charge in [-0.1, -0.05) is 64.1 Å². The van der Waals surface area contributed by atoms with Gasteiger partial charge in [-0.2, -0.15) is 0 Å². The molecule has 0 heterocycles. The Morgan fingerprint density at radius 2 is 1.44 bits per heavy atom. The molecule has 2 N–H and O–H groups in total. The van der Waals surface area contributed by atoms with Crippen molar-refractivity contribution in [2.24, 2.45) is 0 Å². The Kier molecular flexibility index (Phi) is 8.20. The molecule has 3 rings (SSSR count). The van der Waals surface area contributed by atoms with E-state index in [0.29, 0.717) is 22.6 Å². The zero-order valence-corrected chi connectivity index (χ0v) is 22.1.